The standard InChI is InChI=1S/C64H56N2O2/c1-37-15-11-17-43(31-37)65(55-21-13-19-45-49-33-39(3)35-51(63(5,6)7)59(49)67-61(45)55)53-29-25-41-24-28-48-54(30-26-42-23-27-47(53)57(41)58(42)48)66(44-18-12-16-38(2)32-44)56-22-14-20-46-50-34-40(4)36-52(64(8,9)10)60(50)68-62(46)56/h11-36H,1-10H3. The molecule has 4 nitrogen and oxygen atoms in total. The lowest BCUT2D eigenvalue weighted by Gasteiger charge is -2.29. The molecule has 0 amide bonds. The molecule has 4 heteroatoms. The van der Waals surface area contributed by atoms with E-state index in [-0.39, 0.29) is 10.8 Å². The van der Waals surface area contributed by atoms with Crippen molar-refractivity contribution in [2.75, 3.05) is 9.80 Å². The van der Waals surface area contributed by atoms with Crippen molar-refractivity contribution in [1.29, 1.82) is 0 Å². The number of benzene rings is 10. The predicted molar refractivity (Wildman–Crippen MR) is 290 cm³/mol. The van der Waals surface area contributed by atoms with Gasteiger partial charge in [0.2, 0.25) is 0 Å². The third kappa shape index (κ3) is 6.48. The van der Waals surface area contributed by atoms with Crippen LogP contribution in [0, 0.1) is 27.7 Å². The molecule has 0 saturated carbocycles. The average molecular weight is 885 g/mol. The van der Waals surface area contributed by atoms with Crippen molar-refractivity contribution in [3.63, 3.8) is 0 Å². The zero-order chi connectivity index (χ0) is 47.0. The zero-order valence-electron chi connectivity index (χ0n) is 40.7. The largest absolute Gasteiger partial charge is 0.454 e. The maximum Gasteiger partial charge on any atom is 0.159 e. The lowest BCUT2D eigenvalue weighted by molar-refractivity contribution is 0.572. The molecule has 0 saturated heterocycles. The Kier molecular flexibility index (Phi) is 9.21. The lowest BCUT2D eigenvalue weighted by atomic mass is 9.85. The molecule has 0 aliphatic carbocycles. The van der Waals surface area contributed by atoms with Crippen LogP contribution in [0.3, 0.4) is 0 Å². The minimum Gasteiger partial charge on any atom is -0.454 e. The Bertz CT molecular complexity index is 3740. The summed E-state index contributed by atoms with van der Waals surface area (Å²) in [6, 6.07) is 58.5. The molecule has 0 radical (unpaired) electrons. The van der Waals surface area contributed by atoms with Gasteiger partial charge in [-0.3, -0.25) is 0 Å². The first-order valence-corrected chi connectivity index (χ1v) is 24.0. The summed E-state index contributed by atoms with van der Waals surface area (Å²) in [4.78, 5) is 4.84. The molecular formula is C64H56N2O2. The number of fused-ring (bicyclic) bond motifs is 6. The summed E-state index contributed by atoms with van der Waals surface area (Å²) >= 11 is 0. The van der Waals surface area contributed by atoms with Gasteiger partial charge in [-0.25, -0.2) is 0 Å². The minimum absolute atomic E-state index is 0.0954. The van der Waals surface area contributed by atoms with Gasteiger partial charge in [0.05, 0.1) is 22.7 Å². The molecule has 0 fully saturated rings. The first-order valence-electron chi connectivity index (χ1n) is 24.0. The van der Waals surface area contributed by atoms with E-state index in [0.29, 0.717) is 0 Å². The zero-order valence-corrected chi connectivity index (χ0v) is 40.7. The summed E-state index contributed by atoms with van der Waals surface area (Å²) in [5, 5.41) is 11.7. The number of rotatable bonds is 6. The molecular weight excluding hydrogens is 829 g/mol. The Balaban J connectivity index is 1.13. The van der Waals surface area contributed by atoms with E-state index in [0.717, 1.165) is 78.0 Å². The highest BCUT2D eigenvalue weighted by Crippen LogP contribution is 2.51. The summed E-state index contributed by atoms with van der Waals surface area (Å²) in [5.74, 6) is 0. The number of para-hydroxylation sites is 2. The fraction of sp³-hybridized carbons (Fsp3) is 0.188. The van der Waals surface area contributed by atoms with Gasteiger partial charge >= 0.3 is 0 Å². The maximum absolute atomic E-state index is 7.13. The number of anilines is 6. The summed E-state index contributed by atoms with van der Waals surface area (Å²) in [6.07, 6.45) is 0. The highest BCUT2D eigenvalue weighted by molar-refractivity contribution is 6.29. The Morgan fingerprint density at radius 1 is 0.324 bits per heavy atom. The van der Waals surface area contributed by atoms with E-state index in [9.17, 15) is 0 Å². The van der Waals surface area contributed by atoms with Gasteiger partial charge in [-0.1, -0.05) is 139 Å². The van der Waals surface area contributed by atoms with Crippen molar-refractivity contribution in [3.05, 3.63) is 191 Å². The summed E-state index contributed by atoms with van der Waals surface area (Å²) in [6.45, 7) is 22.3. The molecule has 12 aromatic rings. The number of hydrogen-bond donors (Lipinski definition) is 0. The Labute approximate surface area is 398 Å². The molecule has 10 aromatic carbocycles. The quantitative estimate of drug-likeness (QED) is 0.156. The topological polar surface area (TPSA) is 32.8 Å². The van der Waals surface area contributed by atoms with Crippen molar-refractivity contribution in [2.45, 2.75) is 80.1 Å². The smallest absolute Gasteiger partial charge is 0.159 e. The third-order valence-electron chi connectivity index (χ3n) is 14.2. The van der Waals surface area contributed by atoms with Crippen LogP contribution in [0.5, 0.6) is 0 Å². The van der Waals surface area contributed by atoms with E-state index >= 15 is 0 Å². The van der Waals surface area contributed by atoms with Crippen LogP contribution in [0.15, 0.2) is 167 Å². The van der Waals surface area contributed by atoms with Crippen LogP contribution in [0.4, 0.5) is 34.1 Å². The number of aryl methyl sites for hydroxylation is 4. The Morgan fingerprint density at radius 2 is 0.721 bits per heavy atom. The van der Waals surface area contributed by atoms with Crippen LogP contribution in [0.1, 0.15) is 74.9 Å². The summed E-state index contributed by atoms with van der Waals surface area (Å²) in [5.41, 5.74) is 17.1. The van der Waals surface area contributed by atoms with E-state index in [1.165, 1.54) is 65.7 Å². The summed E-state index contributed by atoms with van der Waals surface area (Å²) < 4.78 is 14.3. The van der Waals surface area contributed by atoms with Crippen LogP contribution in [-0.4, -0.2) is 0 Å². The summed E-state index contributed by atoms with van der Waals surface area (Å²) in [7, 11) is 0. The van der Waals surface area contributed by atoms with Crippen LogP contribution in [0.2, 0.25) is 0 Å². The maximum atomic E-state index is 7.13. The van der Waals surface area contributed by atoms with Crippen LogP contribution < -0.4 is 9.80 Å². The van der Waals surface area contributed by atoms with Gasteiger partial charge in [0.25, 0.3) is 0 Å². The average Bonchev–Trinajstić information content (AvgIpc) is 3.87. The normalized spacial score (nSPS) is 12.6. The van der Waals surface area contributed by atoms with Crippen LogP contribution in [0.25, 0.3) is 76.2 Å². The molecule has 0 aliphatic heterocycles. The van der Waals surface area contributed by atoms with E-state index in [4.69, 9.17) is 8.83 Å². The predicted octanol–water partition coefficient (Wildman–Crippen LogP) is 19.2. The third-order valence-corrected chi connectivity index (χ3v) is 14.2. The molecule has 0 N–H and O–H groups in total. The van der Waals surface area contributed by atoms with Gasteiger partial charge in [-0.2, -0.15) is 0 Å². The molecule has 2 heterocycles. The van der Waals surface area contributed by atoms with E-state index < -0.39 is 0 Å². The van der Waals surface area contributed by atoms with Crippen LogP contribution >= 0.6 is 0 Å². The fourth-order valence-corrected chi connectivity index (χ4v) is 11.0. The van der Waals surface area contributed by atoms with Crippen LogP contribution in [-0.2, 0) is 10.8 Å². The second-order valence-corrected chi connectivity index (χ2v) is 21.3. The van der Waals surface area contributed by atoms with Gasteiger partial charge in [0.15, 0.2) is 11.2 Å². The molecule has 0 unspecified atom stereocenters. The second kappa shape index (κ2) is 15.0. The van der Waals surface area contributed by atoms with Gasteiger partial charge in [0, 0.05) is 54.8 Å². The number of nitrogens with zero attached hydrogens (tertiary/aromatic N) is 2. The minimum atomic E-state index is -0.0954. The molecule has 0 spiro atoms. The fourth-order valence-electron chi connectivity index (χ4n) is 11.0. The van der Waals surface area contributed by atoms with E-state index in [1.54, 1.807) is 0 Å². The van der Waals surface area contributed by atoms with Crippen molar-refractivity contribution in [1.82, 2.24) is 0 Å². The first-order chi connectivity index (χ1) is 32.6. The first kappa shape index (κ1) is 41.8. The Morgan fingerprint density at radius 3 is 1.12 bits per heavy atom. The lowest BCUT2D eigenvalue weighted by Crippen LogP contribution is -2.12. The van der Waals surface area contributed by atoms with Crippen molar-refractivity contribution < 1.29 is 8.83 Å². The molecule has 0 bridgehead atoms. The van der Waals surface area contributed by atoms with Crippen molar-refractivity contribution >= 4 is 110 Å². The molecule has 2 aromatic heterocycles. The Hall–Kier alpha value is -7.56. The molecule has 334 valence electrons. The van der Waals surface area contributed by atoms with E-state index in [2.05, 4.69) is 237 Å². The monoisotopic (exact) mass is 884 g/mol. The van der Waals surface area contributed by atoms with E-state index in [1.807, 2.05) is 0 Å². The highest BCUT2D eigenvalue weighted by Gasteiger charge is 2.29. The SMILES string of the molecule is Cc1cccc(N(c2ccc3ccc4c(N(c5cccc(C)c5)c5cccc6c5oc5c(C(C)(C)C)cc(C)cc56)ccc5ccc2c3c54)c2cccc3c2oc2c(C(C)(C)C)cc(C)cc23)c1. The number of hydrogen-bond acceptors (Lipinski definition) is 4. The molecule has 68 heavy (non-hydrogen) atoms. The number of furan rings is 2. The van der Waals surface area contributed by atoms with Gasteiger partial charge < -0.3 is 18.6 Å². The highest BCUT2D eigenvalue weighted by atomic mass is 16.3. The van der Waals surface area contributed by atoms with Crippen molar-refractivity contribution in [3.8, 4) is 0 Å². The van der Waals surface area contributed by atoms with Gasteiger partial charge in [0.1, 0.15) is 11.2 Å². The van der Waals surface area contributed by atoms with Gasteiger partial charge in [-0.05, 0) is 143 Å². The molecule has 0 aliphatic rings. The molecule has 0 atom stereocenters. The second-order valence-electron chi connectivity index (χ2n) is 21.3. The van der Waals surface area contributed by atoms with Gasteiger partial charge in [-0.15, -0.1) is 0 Å². The van der Waals surface area contributed by atoms with Crippen molar-refractivity contribution in [2.24, 2.45) is 0 Å². The molecule has 12 rings (SSSR count).